The van der Waals surface area contributed by atoms with Gasteiger partial charge in [-0.05, 0) is 11.6 Å². The minimum Gasteiger partial charge on any atom is -0.367 e. The minimum atomic E-state index is -0.505. The van der Waals surface area contributed by atoms with E-state index in [4.69, 9.17) is 5.21 Å². The van der Waals surface area contributed by atoms with E-state index in [9.17, 15) is 14.4 Å². The van der Waals surface area contributed by atoms with Crippen molar-refractivity contribution in [2.24, 2.45) is 0 Å². The van der Waals surface area contributed by atoms with Crippen LogP contribution < -0.4 is 11.0 Å². The first-order valence-corrected chi connectivity index (χ1v) is 6.94. The Bertz CT molecular complexity index is 714. The summed E-state index contributed by atoms with van der Waals surface area (Å²) in [4.78, 5) is 37.5. The van der Waals surface area contributed by atoms with Crippen molar-refractivity contribution in [1.29, 1.82) is 0 Å². The van der Waals surface area contributed by atoms with Gasteiger partial charge in [0.1, 0.15) is 5.82 Å². The summed E-state index contributed by atoms with van der Waals surface area (Å²) < 4.78 is 0. The third-order valence-electron chi connectivity index (χ3n) is 3.03. The zero-order valence-corrected chi connectivity index (χ0v) is 12.2. The van der Waals surface area contributed by atoms with Crippen LogP contribution in [0, 0.1) is 0 Å². The fraction of sp³-hybridized carbons (Fsp3) is 0.200. The van der Waals surface area contributed by atoms with Crippen LogP contribution in [0.5, 0.6) is 0 Å². The molecule has 8 heteroatoms. The van der Waals surface area contributed by atoms with Crippen molar-refractivity contribution in [3.63, 3.8) is 0 Å². The van der Waals surface area contributed by atoms with Crippen molar-refractivity contribution in [2.45, 2.75) is 19.4 Å². The number of benzene rings is 1. The summed E-state index contributed by atoms with van der Waals surface area (Å²) >= 11 is 0. The van der Waals surface area contributed by atoms with Crippen molar-refractivity contribution < 1.29 is 14.8 Å². The number of anilines is 1. The Morgan fingerprint density at radius 1 is 1.09 bits per heavy atom. The van der Waals surface area contributed by atoms with Gasteiger partial charge in [0.05, 0.1) is 0 Å². The molecule has 23 heavy (non-hydrogen) atoms. The summed E-state index contributed by atoms with van der Waals surface area (Å²) in [5, 5.41) is 11.7. The van der Waals surface area contributed by atoms with Gasteiger partial charge in [0.25, 0.3) is 11.8 Å². The van der Waals surface area contributed by atoms with Gasteiger partial charge in [-0.15, -0.1) is 0 Å². The van der Waals surface area contributed by atoms with Gasteiger partial charge in [0.2, 0.25) is 0 Å². The van der Waals surface area contributed by atoms with E-state index in [1.807, 2.05) is 30.3 Å². The molecule has 3 N–H and O–H groups in total. The molecule has 2 heterocycles. The number of nitrogens with one attached hydrogen (secondary N) is 2. The molecule has 1 aliphatic heterocycles. The first-order chi connectivity index (χ1) is 11.1. The monoisotopic (exact) mass is 316 g/mol. The molecule has 0 radical (unpaired) electrons. The molecule has 0 aliphatic carbocycles. The van der Waals surface area contributed by atoms with E-state index < -0.39 is 11.8 Å². The Morgan fingerprint density at radius 3 is 2.26 bits per heavy atom. The van der Waals surface area contributed by atoms with Crippen molar-refractivity contribution in [3.05, 3.63) is 58.6 Å². The Hall–Kier alpha value is -3.00. The number of aromatic amines is 1. The fourth-order valence-corrected chi connectivity index (χ4v) is 1.83. The van der Waals surface area contributed by atoms with Crippen LogP contribution in [0.4, 0.5) is 5.82 Å². The van der Waals surface area contributed by atoms with Crippen LogP contribution in [-0.2, 0) is 16.1 Å². The second-order valence-corrected chi connectivity index (χ2v) is 4.73. The van der Waals surface area contributed by atoms with E-state index in [2.05, 4.69) is 15.3 Å². The number of hydrogen-bond donors (Lipinski definition) is 3. The molecule has 2 amide bonds. The first kappa shape index (κ1) is 16.4. The molecular weight excluding hydrogens is 300 g/mol. The third-order valence-corrected chi connectivity index (χ3v) is 3.03. The highest BCUT2D eigenvalue weighted by molar-refractivity contribution is 6.00. The Balaban J connectivity index is 0.000000203. The number of hydroxylamine groups is 2. The molecule has 120 valence electrons. The number of carbonyl (C=O) groups excluding carboxylic acids is 2. The summed E-state index contributed by atoms with van der Waals surface area (Å²) in [6, 6.07) is 11.7. The predicted molar refractivity (Wildman–Crippen MR) is 81.5 cm³/mol. The molecule has 2 aromatic rings. The van der Waals surface area contributed by atoms with Crippen LogP contribution in [0.25, 0.3) is 0 Å². The molecule has 8 nitrogen and oxygen atoms in total. The zero-order valence-electron chi connectivity index (χ0n) is 12.2. The summed E-state index contributed by atoms with van der Waals surface area (Å²) in [5.74, 6) is -0.330. The lowest BCUT2D eigenvalue weighted by molar-refractivity contribution is -0.171. The number of imide groups is 1. The molecule has 0 unspecified atom stereocenters. The van der Waals surface area contributed by atoms with Gasteiger partial charge in [0, 0.05) is 25.6 Å². The quantitative estimate of drug-likeness (QED) is 0.572. The number of amides is 2. The number of H-pyrrole nitrogens is 1. The van der Waals surface area contributed by atoms with Gasteiger partial charge in [-0.2, -0.15) is 5.06 Å². The Labute approximate surface area is 131 Å². The molecule has 1 aromatic carbocycles. The number of carbonyl (C=O) groups is 2. The van der Waals surface area contributed by atoms with Crippen molar-refractivity contribution >= 4 is 17.6 Å². The maximum absolute atomic E-state index is 10.9. The van der Waals surface area contributed by atoms with Gasteiger partial charge >= 0.3 is 5.69 Å². The molecule has 3 rings (SSSR count). The lowest BCUT2D eigenvalue weighted by Gasteiger charge is -2.04. The van der Waals surface area contributed by atoms with Crippen LogP contribution >= 0.6 is 0 Å². The van der Waals surface area contributed by atoms with E-state index in [1.165, 1.54) is 6.20 Å². The van der Waals surface area contributed by atoms with Crippen LogP contribution in [0.3, 0.4) is 0 Å². The second kappa shape index (κ2) is 7.85. The molecule has 0 saturated carbocycles. The third kappa shape index (κ3) is 5.04. The standard InChI is InChI=1S/C11H11N3O.C4H5NO3/c15-11-12-7-6-10(14-11)13-8-9-4-2-1-3-5-9;6-3-1-2-4(7)5(3)8/h1-7H,8H2,(H2,12,13,14,15);8H,1-2H2. The average molecular weight is 316 g/mol. The molecule has 0 bridgehead atoms. The second-order valence-electron chi connectivity index (χ2n) is 4.73. The maximum Gasteiger partial charge on any atom is 0.346 e. The summed E-state index contributed by atoms with van der Waals surface area (Å²) in [6.45, 7) is 0.681. The SMILES string of the molecule is O=C1CCC(=O)N1O.O=c1nccc(NCc2ccccc2)[nH]1. The summed E-state index contributed by atoms with van der Waals surface area (Å²) in [5.41, 5.74) is 0.822. The van der Waals surface area contributed by atoms with Crippen LogP contribution in [0.2, 0.25) is 0 Å². The van der Waals surface area contributed by atoms with Crippen LogP contribution in [0.15, 0.2) is 47.4 Å². The highest BCUT2D eigenvalue weighted by Gasteiger charge is 2.26. The highest BCUT2D eigenvalue weighted by atomic mass is 16.5. The van der Waals surface area contributed by atoms with E-state index in [0.29, 0.717) is 12.4 Å². The van der Waals surface area contributed by atoms with Crippen LogP contribution in [-0.4, -0.2) is 32.1 Å². The molecule has 0 atom stereocenters. The Kier molecular flexibility index (Phi) is 5.59. The van der Waals surface area contributed by atoms with Crippen molar-refractivity contribution in [2.75, 3.05) is 5.32 Å². The Morgan fingerprint density at radius 2 is 1.74 bits per heavy atom. The minimum absolute atomic E-state index is 0.148. The van der Waals surface area contributed by atoms with Gasteiger partial charge in [-0.1, -0.05) is 30.3 Å². The summed E-state index contributed by atoms with van der Waals surface area (Å²) in [6.07, 6.45) is 1.77. The predicted octanol–water partition coefficient (Wildman–Crippen LogP) is 0.907. The number of nitrogens with zero attached hydrogens (tertiary/aromatic N) is 2. The number of hydrogen-bond acceptors (Lipinski definition) is 6. The first-order valence-electron chi connectivity index (χ1n) is 6.94. The molecular formula is C15H16N4O4. The fourth-order valence-electron chi connectivity index (χ4n) is 1.83. The molecule has 1 aliphatic rings. The smallest absolute Gasteiger partial charge is 0.346 e. The zero-order chi connectivity index (χ0) is 16.7. The van der Waals surface area contributed by atoms with Gasteiger partial charge in [-0.3, -0.25) is 19.8 Å². The van der Waals surface area contributed by atoms with Gasteiger partial charge in [-0.25, -0.2) is 9.78 Å². The summed E-state index contributed by atoms with van der Waals surface area (Å²) in [7, 11) is 0. The molecule has 1 aromatic heterocycles. The lowest BCUT2D eigenvalue weighted by atomic mass is 10.2. The average Bonchev–Trinajstić information content (AvgIpc) is 2.86. The van der Waals surface area contributed by atoms with E-state index in [0.717, 1.165) is 5.56 Å². The van der Waals surface area contributed by atoms with E-state index in [1.54, 1.807) is 6.07 Å². The topological polar surface area (TPSA) is 115 Å². The largest absolute Gasteiger partial charge is 0.367 e. The van der Waals surface area contributed by atoms with E-state index in [-0.39, 0.29) is 23.6 Å². The molecule has 1 saturated heterocycles. The maximum atomic E-state index is 10.9. The highest BCUT2D eigenvalue weighted by Crippen LogP contribution is 2.07. The van der Waals surface area contributed by atoms with E-state index >= 15 is 0 Å². The van der Waals surface area contributed by atoms with Gasteiger partial charge in [0.15, 0.2) is 0 Å². The van der Waals surface area contributed by atoms with Crippen molar-refractivity contribution in [3.8, 4) is 0 Å². The normalized spacial score (nSPS) is 13.5. The molecule has 0 spiro atoms. The number of aromatic nitrogens is 2. The lowest BCUT2D eigenvalue weighted by Crippen LogP contribution is -2.24. The van der Waals surface area contributed by atoms with Crippen LogP contribution in [0.1, 0.15) is 18.4 Å². The molecule has 1 fully saturated rings. The van der Waals surface area contributed by atoms with Crippen molar-refractivity contribution in [1.82, 2.24) is 15.0 Å². The number of rotatable bonds is 3. The van der Waals surface area contributed by atoms with Gasteiger partial charge < -0.3 is 5.32 Å².